The summed E-state index contributed by atoms with van der Waals surface area (Å²) in [5.74, 6) is 0.476. The molecule has 0 aliphatic carbocycles. The Labute approximate surface area is 78.5 Å². The second-order valence-electron chi connectivity index (χ2n) is 2.60. The van der Waals surface area contributed by atoms with Crippen molar-refractivity contribution in [2.45, 2.75) is 26.2 Å². The maximum atomic E-state index is 10.7. The first-order valence-electron chi connectivity index (χ1n) is 3.99. The van der Waals surface area contributed by atoms with Crippen molar-refractivity contribution < 1.29 is 9.53 Å². The van der Waals surface area contributed by atoms with E-state index in [2.05, 4.69) is 10.8 Å². The van der Waals surface area contributed by atoms with E-state index < -0.39 is 0 Å². The third-order valence-corrected chi connectivity index (χ3v) is 1.77. The molecule has 0 heterocycles. The van der Waals surface area contributed by atoms with E-state index in [4.69, 9.17) is 11.6 Å². The maximum Gasteiger partial charge on any atom is 0.305 e. The van der Waals surface area contributed by atoms with Crippen LogP contribution in [0.4, 0.5) is 0 Å². The van der Waals surface area contributed by atoms with E-state index in [-0.39, 0.29) is 5.97 Å². The molecule has 0 saturated heterocycles. The predicted octanol–water partition coefficient (Wildman–Crippen LogP) is 2.51. The molecule has 12 heavy (non-hydrogen) atoms. The van der Waals surface area contributed by atoms with Crippen LogP contribution in [-0.2, 0) is 9.53 Å². The van der Waals surface area contributed by atoms with Crippen molar-refractivity contribution in [1.29, 1.82) is 0 Å². The van der Waals surface area contributed by atoms with Gasteiger partial charge in [0.2, 0.25) is 0 Å². The van der Waals surface area contributed by atoms with Crippen LogP contribution in [0.25, 0.3) is 0 Å². The van der Waals surface area contributed by atoms with E-state index in [1.807, 2.05) is 6.92 Å². The topological polar surface area (TPSA) is 26.3 Å². The van der Waals surface area contributed by atoms with Gasteiger partial charge in [-0.05, 0) is 19.8 Å². The number of esters is 1. The summed E-state index contributed by atoms with van der Waals surface area (Å²) in [4.78, 5) is 10.7. The number of halogens is 1. The molecule has 0 spiro atoms. The molecule has 0 aromatic rings. The summed E-state index contributed by atoms with van der Waals surface area (Å²) in [6, 6.07) is 0. The van der Waals surface area contributed by atoms with Crippen LogP contribution in [0.15, 0.2) is 11.6 Å². The number of methoxy groups -OCH3 is 1. The fourth-order valence-corrected chi connectivity index (χ4v) is 0.913. The average Bonchev–Trinajstić information content (AvgIpc) is 2.10. The number of carbonyl (C=O) groups excluding carboxylic acids is 1. The summed E-state index contributed by atoms with van der Waals surface area (Å²) >= 11 is 5.50. The number of carbonyl (C=O) groups is 1. The normalized spacial score (nSPS) is 11.4. The minimum atomic E-state index is -0.159. The maximum absolute atomic E-state index is 10.7. The lowest BCUT2D eigenvalue weighted by Crippen LogP contribution is -1.99. The quantitative estimate of drug-likeness (QED) is 0.378. The van der Waals surface area contributed by atoms with Crippen molar-refractivity contribution in [1.82, 2.24) is 0 Å². The number of alkyl halides is 1. The second-order valence-corrected chi connectivity index (χ2v) is 2.98. The van der Waals surface area contributed by atoms with Crippen LogP contribution >= 0.6 is 11.6 Å². The van der Waals surface area contributed by atoms with Gasteiger partial charge in [-0.2, -0.15) is 0 Å². The minimum absolute atomic E-state index is 0.159. The summed E-state index contributed by atoms with van der Waals surface area (Å²) in [5, 5.41) is 0. The standard InChI is InChI=1S/C9H15ClO2/c1-8(4-3-7-10)5-6-9(11)12-2/h4H,3,5-7H2,1-2H3/b8-4+. The molecule has 0 amide bonds. The van der Waals surface area contributed by atoms with E-state index in [9.17, 15) is 4.79 Å². The van der Waals surface area contributed by atoms with Crippen LogP contribution in [0.5, 0.6) is 0 Å². The van der Waals surface area contributed by atoms with Gasteiger partial charge in [-0.3, -0.25) is 4.79 Å². The van der Waals surface area contributed by atoms with Crippen molar-refractivity contribution in [3.05, 3.63) is 11.6 Å². The molecule has 0 saturated carbocycles. The molecule has 70 valence electrons. The van der Waals surface area contributed by atoms with Crippen molar-refractivity contribution in [2.75, 3.05) is 13.0 Å². The molecule has 0 aliphatic heterocycles. The highest BCUT2D eigenvalue weighted by molar-refractivity contribution is 6.17. The van der Waals surface area contributed by atoms with Gasteiger partial charge in [0.15, 0.2) is 0 Å². The highest BCUT2D eigenvalue weighted by atomic mass is 35.5. The van der Waals surface area contributed by atoms with Crippen LogP contribution in [0, 0.1) is 0 Å². The lowest BCUT2D eigenvalue weighted by Gasteiger charge is -1.99. The zero-order valence-corrected chi connectivity index (χ0v) is 8.36. The lowest BCUT2D eigenvalue weighted by atomic mass is 10.1. The number of hydrogen-bond acceptors (Lipinski definition) is 2. The molecular formula is C9H15ClO2. The summed E-state index contributed by atoms with van der Waals surface area (Å²) in [5.41, 5.74) is 1.20. The third kappa shape index (κ3) is 6.23. The molecule has 0 unspecified atom stereocenters. The third-order valence-electron chi connectivity index (χ3n) is 1.55. The van der Waals surface area contributed by atoms with Gasteiger partial charge in [0.25, 0.3) is 0 Å². The van der Waals surface area contributed by atoms with Gasteiger partial charge in [-0.1, -0.05) is 11.6 Å². The molecule has 0 N–H and O–H groups in total. The molecule has 0 rings (SSSR count). The molecule has 0 fully saturated rings. The molecule has 0 aromatic heterocycles. The van der Waals surface area contributed by atoms with E-state index in [1.54, 1.807) is 0 Å². The first-order chi connectivity index (χ1) is 5.70. The van der Waals surface area contributed by atoms with Gasteiger partial charge >= 0.3 is 5.97 Å². The Kier molecular flexibility index (Phi) is 6.87. The first kappa shape index (κ1) is 11.5. The SMILES string of the molecule is COC(=O)CC/C(C)=C/CCCl. The predicted molar refractivity (Wildman–Crippen MR) is 50.3 cm³/mol. The van der Waals surface area contributed by atoms with Crippen LogP contribution in [0.2, 0.25) is 0 Å². The zero-order valence-electron chi connectivity index (χ0n) is 7.60. The van der Waals surface area contributed by atoms with Gasteiger partial charge in [-0.25, -0.2) is 0 Å². The number of ether oxygens (including phenoxy) is 1. The molecule has 3 heteroatoms. The van der Waals surface area contributed by atoms with Gasteiger partial charge < -0.3 is 4.74 Å². The van der Waals surface area contributed by atoms with E-state index >= 15 is 0 Å². The molecule has 0 atom stereocenters. The number of rotatable bonds is 5. The fraction of sp³-hybridized carbons (Fsp3) is 0.667. The summed E-state index contributed by atoms with van der Waals surface area (Å²) in [6.45, 7) is 2.00. The summed E-state index contributed by atoms with van der Waals surface area (Å²) < 4.78 is 4.51. The highest BCUT2D eigenvalue weighted by Gasteiger charge is 1.99. The lowest BCUT2D eigenvalue weighted by molar-refractivity contribution is -0.140. The van der Waals surface area contributed by atoms with Crippen molar-refractivity contribution in [3.63, 3.8) is 0 Å². The van der Waals surface area contributed by atoms with Gasteiger partial charge in [0.05, 0.1) is 7.11 Å². The minimum Gasteiger partial charge on any atom is -0.469 e. The van der Waals surface area contributed by atoms with Gasteiger partial charge in [-0.15, -0.1) is 11.6 Å². The Bertz CT molecular complexity index is 164. The zero-order chi connectivity index (χ0) is 9.40. The van der Waals surface area contributed by atoms with Crippen molar-refractivity contribution in [2.24, 2.45) is 0 Å². The molecule has 0 bridgehead atoms. The van der Waals surface area contributed by atoms with Gasteiger partial charge in [0.1, 0.15) is 0 Å². The van der Waals surface area contributed by atoms with Gasteiger partial charge in [0, 0.05) is 12.3 Å². The number of allylic oxidation sites excluding steroid dienone is 2. The van der Waals surface area contributed by atoms with Crippen molar-refractivity contribution >= 4 is 17.6 Å². The molecular weight excluding hydrogens is 176 g/mol. The van der Waals surface area contributed by atoms with Crippen LogP contribution in [0.1, 0.15) is 26.2 Å². The molecule has 0 radical (unpaired) electrons. The Hall–Kier alpha value is -0.500. The summed E-state index contributed by atoms with van der Waals surface area (Å²) in [6.07, 6.45) is 4.15. The average molecular weight is 191 g/mol. The molecule has 0 aromatic carbocycles. The Morgan fingerprint density at radius 3 is 2.67 bits per heavy atom. The Morgan fingerprint density at radius 2 is 2.17 bits per heavy atom. The highest BCUT2D eigenvalue weighted by Crippen LogP contribution is 2.06. The number of hydrogen-bond donors (Lipinski definition) is 0. The van der Waals surface area contributed by atoms with Crippen LogP contribution in [0.3, 0.4) is 0 Å². The fourth-order valence-electron chi connectivity index (χ4n) is 0.804. The van der Waals surface area contributed by atoms with E-state index in [0.29, 0.717) is 12.3 Å². The first-order valence-corrected chi connectivity index (χ1v) is 4.52. The molecule has 2 nitrogen and oxygen atoms in total. The van der Waals surface area contributed by atoms with Crippen molar-refractivity contribution in [3.8, 4) is 0 Å². The van der Waals surface area contributed by atoms with Crippen LogP contribution in [-0.4, -0.2) is 19.0 Å². The largest absolute Gasteiger partial charge is 0.469 e. The molecule has 0 aliphatic rings. The van der Waals surface area contributed by atoms with E-state index in [0.717, 1.165) is 12.8 Å². The Balaban J connectivity index is 3.55. The smallest absolute Gasteiger partial charge is 0.305 e. The summed E-state index contributed by atoms with van der Waals surface area (Å²) in [7, 11) is 1.40. The van der Waals surface area contributed by atoms with E-state index in [1.165, 1.54) is 12.7 Å². The van der Waals surface area contributed by atoms with Crippen LogP contribution < -0.4 is 0 Å². The second kappa shape index (κ2) is 7.17. The Morgan fingerprint density at radius 1 is 1.50 bits per heavy atom. The monoisotopic (exact) mass is 190 g/mol.